The largest absolute Gasteiger partial charge is 0.524 e. The van der Waals surface area contributed by atoms with Crippen LogP contribution in [0.2, 0.25) is 0 Å². The van der Waals surface area contributed by atoms with Crippen molar-refractivity contribution in [3.05, 3.63) is 52.7 Å². The van der Waals surface area contributed by atoms with Crippen LogP contribution in [-0.2, 0) is 4.57 Å². The van der Waals surface area contributed by atoms with Crippen LogP contribution in [0.5, 0.6) is 5.75 Å². The molecule has 1 heterocycles. The highest BCUT2D eigenvalue weighted by molar-refractivity contribution is 7.46. The van der Waals surface area contributed by atoms with Crippen LogP contribution in [0.15, 0.2) is 51.7 Å². The maximum atomic E-state index is 11.3. The quantitative estimate of drug-likeness (QED) is 0.556. The molecule has 0 bridgehead atoms. The molecule has 1 aliphatic carbocycles. The van der Waals surface area contributed by atoms with E-state index in [2.05, 4.69) is 4.52 Å². The lowest BCUT2D eigenvalue weighted by Crippen LogP contribution is -1.97. The van der Waals surface area contributed by atoms with Crippen LogP contribution in [0, 0.1) is 0 Å². The molecule has 0 amide bonds. The molecule has 1 aliphatic heterocycles. The minimum atomic E-state index is -4.61. The van der Waals surface area contributed by atoms with Gasteiger partial charge in [0.2, 0.25) is 0 Å². The van der Waals surface area contributed by atoms with Crippen molar-refractivity contribution in [3.63, 3.8) is 0 Å². The molecule has 0 radical (unpaired) electrons. The Morgan fingerprint density at radius 1 is 1.05 bits per heavy atom. The molecule has 2 N–H and O–H groups in total. The number of hydrogen-bond acceptors (Lipinski definition) is 4. The van der Waals surface area contributed by atoms with Crippen molar-refractivity contribution < 1.29 is 23.3 Å². The molecule has 0 aromatic heterocycles. The molecule has 0 fully saturated rings. The lowest BCUT2D eigenvalue weighted by molar-refractivity contribution is 0.283. The zero-order valence-electron chi connectivity index (χ0n) is 10.0. The lowest BCUT2D eigenvalue weighted by atomic mass is 10.1. The lowest BCUT2D eigenvalue weighted by Gasteiger charge is -2.09. The molecule has 20 heavy (non-hydrogen) atoms. The van der Waals surface area contributed by atoms with Gasteiger partial charge in [0.05, 0.1) is 0 Å². The van der Waals surface area contributed by atoms with E-state index >= 15 is 0 Å². The second kappa shape index (κ2) is 4.45. The Hall–Kier alpha value is -2.14. The Bertz CT molecular complexity index is 862. The van der Waals surface area contributed by atoms with Gasteiger partial charge in [0.25, 0.3) is 0 Å². The summed E-state index contributed by atoms with van der Waals surface area (Å²) in [6, 6.07) is 10.7. The molecule has 102 valence electrons. The molecule has 0 unspecified atom stereocenters. The van der Waals surface area contributed by atoms with Gasteiger partial charge in [0.15, 0.2) is 5.43 Å². The number of phosphoric acid groups is 1. The molecule has 7 heteroatoms. The molecule has 1 aromatic carbocycles. The topological polar surface area (TPSA) is 97.0 Å². The Morgan fingerprint density at radius 2 is 1.85 bits per heavy atom. The highest BCUT2D eigenvalue weighted by Gasteiger charge is 2.16. The number of rotatable bonds is 2. The van der Waals surface area contributed by atoms with Crippen molar-refractivity contribution in [2.45, 2.75) is 0 Å². The molecule has 1 aromatic rings. The molecule has 3 rings (SSSR count). The van der Waals surface area contributed by atoms with E-state index in [0.29, 0.717) is 11.3 Å². The molecule has 0 saturated heterocycles. The second-order valence-corrected chi connectivity index (χ2v) is 5.39. The van der Waals surface area contributed by atoms with Gasteiger partial charge in [0, 0.05) is 23.1 Å². The van der Waals surface area contributed by atoms with Crippen LogP contribution in [-0.4, -0.2) is 9.79 Å². The first-order valence-electron chi connectivity index (χ1n) is 5.64. The van der Waals surface area contributed by atoms with Gasteiger partial charge in [-0.3, -0.25) is 14.6 Å². The Balaban J connectivity index is 2.19. The van der Waals surface area contributed by atoms with Crippen molar-refractivity contribution in [1.82, 2.24) is 0 Å². The third kappa shape index (κ3) is 2.58. The van der Waals surface area contributed by atoms with Gasteiger partial charge in [-0.05, 0) is 30.3 Å². The average Bonchev–Trinajstić information content (AvgIpc) is 2.34. The number of fused-ring (bicyclic) bond motifs is 2. The predicted octanol–water partition coefficient (Wildman–Crippen LogP) is 2.37. The van der Waals surface area contributed by atoms with Gasteiger partial charge in [0.1, 0.15) is 17.1 Å². The van der Waals surface area contributed by atoms with Gasteiger partial charge in [-0.25, -0.2) is 4.57 Å². The molecule has 2 aliphatic rings. The van der Waals surface area contributed by atoms with Crippen molar-refractivity contribution in [2.75, 3.05) is 0 Å². The predicted molar refractivity (Wildman–Crippen MR) is 71.8 cm³/mol. The molecular weight excluding hydrogens is 283 g/mol. The Morgan fingerprint density at radius 3 is 2.60 bits per heavy atom. The fourth-order valence-electron chi connectivity index (χ4n) is 1.92. The normalized spacial score (nSPS) is 11.9. The first kappa shape index (κ1) is 12.9. The van der Waals surface area contributed by atoms with Crippen molar-refractivity contribution in [1.29, 1.82) is 0 Å². The summed E-state index contributed by atoms with van der Waals surface area (Å²) in [6.07, 6.45) is 0. The maximum Gasteiger partial charge on any atom is 0.524 e. The standard InChI is InChI=1S/C13H9O6P/c14-10-3-1-8-5-9-2-4-11(19-20(15,16)17)7-13(9)18-12(8)6-10/h1-7H,(H2,15,16,17). The van der Waals surface area contributed by atoms with Crippen molar-refractivity contribution in [2.24, 2.45) is 0 Å². The Labute approximate surface area is 112 Å². The second-order valence-electron chi connectivity index (χ2n) is 4.23. The third-order valence-electron chi connectivity index (χ3n) is 2.73. The van der Waals surface area contributed by atoms with E-state index in [0.717, 1.165) is 10.9 Å². The van der Waals surface area contributed by atoms with E-state index in [1.807, 2.05) is 6.07 Å². The van der Waals surface area contributed by atoms with E-state index in [4.69, 9.17) is 14.2 Å². The maximum absolute atomic E-state index is 11.3. The van der Waals surface area contributed by atoms with Crippen LogP contribution < -0.4 is 9.95 Å². The number of phosphoric ester groups is 1. The third-order valence-corrected chi connectivity index (χ3v) is 3.17. The number of benzene rings is 2. The van der Waals surface area contributed by atoms with E-state index in [1.165, 1.54) is 24.3 Å². The van der Waals surface area contributed by atoms with Crippen molar-refractivity contribution >= 4 is 18.8 Å². The SMILES string of the molecule is O=c1ccc2cc3ccc(OP(=O)(O)O)cc3oc-2c1. The molecular formula is C13H9O6P. The molecule has 0 atom stereocenters. The molecule has 0 saturated carbocycles. The average molecular weight is 292 g/mol. The Kier molecular flexibility index (Phi) is 2.87. The van der Waals surface area contributed by atoms with E-state index < -0.39 is 7.82 Å². The summed E-state index contributed by atoms with van der Waals surface area (Å²) in [7, 11) is -4.61. The van der Waals surface area contributed by atoms with Crippen LogP contribution in [0.25, 0.3) is 22.3 Å². The summed E-state index contributed by atoms with van der Waals surface area (Å²) >= 11 is 0. The highest BCUT2D eigenvalue weighted by Crippen LogP contribution is 2.39. The van der Waals surface area contributed by atoms with E-state index in [-0.39, 0.29) is 11.2 Å². The number of hydrogen-bond donors (Lipinski definition) is 2. The summed E-state index contributed by atoms with van der Waals surface area (Å²) in [5.41, 5.74) is 0.957. The molecule has 6 nitrogen and oxygen atoms in total. The minimum absolute atomic E-state index is 0.00721. The van der Waals surface area contributed by atoms with E-state index in [9.17, 15) is 9.36 Å². The van der Waals surface area contributed by atoms with Crippen LogP contribution >= 0.6 is 7.82 Å². The fraction of sp³-hybridized carbons (Fsp3) is 0. The van der Waals surface area contributed by atoms with Gasteiger partial charge >= 0.3 is 7.82 Å². The summed E-state index contributed by atoms with van der Waals surface area (Å²) in [6.45, 7) is 0. The highest BCUT2D eigenvalue weighted by atomic mass is 31.2. The van der Waals surface area contributed by atoms with Gasteiger partial charge < -0.3 is 8.94 Å². The summed E-state index contributed by atoms with van der Waals surface area (Å²) < 4.78 is 20.8. The zero-order valence-corrected chi connectivity index (χ0v) is 10.9. The smallest absolute Gasteiger partial charge is 0.456 e. The molecule has 0 spiro atoms. The first-order chi connectivity index (χ1) is 9.40. The van der Waals surface area contributed by atoms with Crippen molar-refractivity contribution in [3.8, 4) is 17.1 Å². The van der Waals surface area contributed by atoms with E-state index in [1.54, 1.807) is 12.1 Å². The van der Waals surface area contributed by atoms with Gasteiger partial charge in [-0.15, -0.1) is 0 Å². The van der Waals surface area contributed by atoms with Crippen LogP contribution in [0.1, 0.15) is 0 Å². The van der Waals surface area contributed by atoms with Crippen LogP contribution in [0.4, 0.5) is 0 Å². The van der Waals surface area contributed by atoms with Crippen LogP contribution in [0.3, 0.4) is 0 Å². The summed E-state index contributed by atoms with van der Waals surface area (Å²) in [5, 5.41) is 0.731. The monoisotopic (exact) mass is 292 g/mol. The first-order valence-corrected chi connectivity index (χ1v) is 7.17. The zero-order chi connectivity index (χ0) is 14.3. The minimum Gasteiger partial charge on any atom is -0.456 e. The summed E-state index contributed by atoms with van der Waals surface area (Å²) in [5.74, 6) is 0.394. The van der Waals surface area contributed by atoms with Gasteiger partial charge in [-0.1, -0.05) is 0 Å². The summed E-state index contributed by atoms with van der Waals surface area (Å²) in [4.78, 5) is 28.8. The fourth-order valence-corrected chi connectivity index (χ4v) is 2.31. The van der Waals surface area contributed by atoms with Gasteiger partial charge in [-0.2, -0.15) is 0 Å².